The largest absolute Gasteiger partial charge is 0.507 e. The fraction of sp³-hybridized carbons (Fsp3) is 0.0667. The minimum atomic E-state index is -0.803. The van der Waals surface area contributed by atoms with Crippen LogP contribution in [0, 0.1) is 12.4 Å². The fourth-order valence-electron chi connectivity index (χ4n) is 1.99. The predicted molar refractivity (Wildman–Crippen MR) is 82.6 cm³/mol. The third-order valence-electron chi connectivity index (χ3n) is 3.03. The van der Waals surface area contributed by atoms with Crippen LogP contribution >= 0.6 is 0 Å². The number of benzene rings is 1. The number of hydrogen-bond acceptors (Lipinski definition) is 4. The van der Waals surface area contributed by atoms with Crippen molar-refractivity contribution in [2.75, 3.05) is 7.05 Å². The average molecular weight is 313 g/mol. The molecule has 7 nitrogen and oxygen atoms in total. The molecule has 1 amide bonds. The number of aromatic nitrogens is 1. The molecular weight excluding hydrogens is 301 g/mol. The molecular formula is C15H12FN5O2. The van der Waals surface area contributed by atoms with Gasteiger partial charge < -0.3 is 10.8 Å². The van der Waals surface area contributed by atoms with Gasteiger partial charge >= 0.3 is 0 Å². The lowest BCUT2D eigenvalue weighted by Gasteiger charge is -2.14. The van der Waals surface area contributed by atoms with E-state index >= 15 is 0 Å². The van der Waals surface area contributed by atoms with E-state index in [1.165, 1.54) is 31.4 Å². The van der Waals surface area contributed by atoms with Crippen molar-refractivity contribution in [1.82, 2.24) is 10.3 Å². The predicted octanol–water partition coefficient (Wildman–Crippen LogP) is 1.82. The Bertz CT molecular complexity index is 842. The van der Waals surface area contributed by atoms with Gasteiger partial charge in [-0.05, 0) is 12.1 Å². The van der Waals surface area contributed by atoms with Gasteiger partial charge in [-0.15, -0.1) is 0 Å². The number of hydrogen-bond donors (Lipinski definition) is 3. The summed E-state index contributed by atoms with van der Waals surface area (Å²) in [7, 11) is 1.37. The van der Waals surface area contributed by atoms with Gasteiger partial charge in [-0.1, -0.05) is 6.07 Å². The van der Waals surface area contributed by atoms with E-state index in [1.54, 1.807) is 0 Å². The molecule has 1 aromatic heterocycles. The Balaban J connectivity index is 2.74. The number of halogens is 1. The van der Waals surface area contributed by atoms with E-state index in [9.17, 15) is 14.3 Å². The fourth-order valence-corrected chi connectivity index (χ4v) is 1.99. The maximum atomic E-state index is 14.1. The Kier molecular flexibility index (Phi) is 4.52. The minimum Gasteiger partial charge on any atom is -0.507 e. The van der Waals surface area contributed by atoms with Crippen LogP contribution in [-0.2, 0) is 0 Å². The summed E-state index contributed by atoms with van der Waals surface area (Å²) in [6, 6.07) is 3.79. The van der Waals surface area contributed by atoms with Crippen molar-refractivity contribution >= 4 is 17.6 Å². The number of nitrogens with one attached hydrogen (secondary N) is 1. The third kappa shape index (κ3) is 3.08. The van der Waals surface area contributed by atoms with E-state index in [0.717, 1.165) is 6.20 Å². The van der Waals surface area contributed by atoms with Crippen LogP contribution in [0.4, 0.5) is 10.1 Å². The Hall–Kier alpha value is -3.47. The normalized spacial score (nSPS) is 10.9. The number of guanidine groups is 1. The highest BCUT2D eigenvalue weighted by Gasteiger charge is 2.23. The molecule has 0 aliphatic rings. The molecule has 0 bridgehead atoms. The summed E-state index contributed by atoms with van der Waals surface area (Å²) in [6.07, 6.45) is 2.27. The molecule has 116 valence electrons. The molecule has 0 aliphatic heterocycles. The zero-order valence-corrected chi connectivity index (χ0v) is 12.0. The van der Waals surface area contributed by atoms with Gasteiger partial charge in [0.2, 0.25) is 0 Å². The molecule has 1 aromatic carbocycles. The van der Waals surface area contributed by atoms with Crippen molar-refractivity contribution in [3.63, 3.8) is 0 Å². The monoisotopic (exact) mass is 313 g/mol. The summed E-state index contributed by atoms with van der Waals surface area (Å²) >= 11 is 0. The lowest BCUT2D eigenvalue weighted by molar-refractivity contribution is 0.0974. The van der Waals surface area contributed by atoms with Crippen molar-refractivity contribution < 1.29 is 14.3 Å². The first-order valence-corrected chi connectivity index (χ1v) is 6.36. The minimum absolute atomic E-state index is 0.00468. The molecule has 0 saturated carbocycles. The van der Waals surface area contributed by atoms with E-state index in [-0.39, 0.29) is 28.3 Å². The van der Waals surface area contributed by atoms with Crippen LogP contribution in [0.5, 0.6) is 5.75 Å². The summed E-state index contributed by atoms with van der Waals surface area (Å²) < 4.78 is 14.1. The number of rotatable bonds is 2. The molecule has 0 atom stereocenters. The number of aliphatic imine (C=N–C) groups is 1. The SMILES string of the molecule is [C-]#[N+]c1ccc(O)c(C(=O)NC(N)=NC)c1-c1ccncc1F. The van der Waals surface area contributed by atoms with Crippen LogP contribution in [-0.4, -0.2) is 29.0 Å². The van der Waals surface area contributed by atoms with Gasteiger partial charge in [0.15, 0.2) is 11.6 Å². The number of carbonyl (C=O) groups excluding carboxylic acids is 1. The van der Waals surface area contributed by atoms with Crippen molar-refractivity contribution in [2.24, 2.45) is 10.7 Å². The van der Waals surface area contributed by atoms with Crippen molar-refractivity contribution in [3.05, 3.63) is 53.4 Å². The first kappa shape index (κ1) is 15.9. The standard InChI is InChI=1S/C15H12FN5O2/c1-18-10-3-4-11(22)13(14(23)21-15(17)19-2)12(10)8-5-6-20-7-9(8)16/h3-7,22H,2H3,(H3,17,19,21,23). The van der Waals surface area contributed by atoms with Crippen molar-refractivity contribution in [3.8, 4) is 16.9 Å². The molecule has 4 N–H and O–H groups in total. The molecule has 0 spiro atoms. The van der Waals surface area contributed by atoms with Crippen LogP contribution in [0.2, 0.25) is 0 Å². The number of phenolic OH excluding ortho intramolecular Hbond substituents is 1. The lowest BCUT2D eigenvalue weighted by atomic mass is 9.96. The molecule has 8 heteroatoms. The number of pyridine rings is 1. The second-order valence-electron chi connectivity index (χ2n) is 4.38. The van der Waals surface area contributed by atoms with E-state index in [2.05, 4.69) is 20.1 Å². The van der Waals surface area contributed by atoms with E-state index in [4.69, 9.17) is 12.3 Å². The maximum Gasteiger partial charge on any atom is 0.261 e. The van der Waals surface area contributed by atoms with Crippen molar-refractivity contribution in [1.29, 1.82) is 0 Å². The van der Waals surface area contributed by atoms with Crippen LogP contribution in [0.3, 0.4) is 0 Å². The molecule has 23 heavy (non-hydrogen) atoms. The molecule has 2 rings (SSSR count). The molecule has 0 saturated heterocycles. The van der Waals surface area contributed by atoms with E-state index in [1.807, 2.05) is 0 Å². The second-order valence-corrected chi connectivity index (χ2v) is 4.38. The van der Waals surface area contributed by atoms with Crippen LogP contribution in [0.15, 0.2) is 35.6 Å². The molecule has 2 aromatic rings. The second kappa shape index (κ2) is 6.53. The summed E-state index contributed by atoms with van der Waals surface area (Å²) in [6.45, 7) is 7.22. The average Bonchev–Trinajstić information content (AvgIpc) is 2.54. The highest BCUT2D eigenvalue weighted by Crippen LogP contribution is 2.39. The van der Waals surface area contributed by atoms with Crippen LogP contribution < -0.4 is 11.1 Å². The lowest BCUT2D eigenvalue weighted by Crippen LogP contribution is -2.36. The number of nitrogens with two attached hydrogens (primary N) is 1. The van der Waals surface area contributed by atoms with Gasteiger partial charge in [-0.3, -0.25) is 20.1 Å². The summed E-state index contributed by atoms with van der Waals surface area (Å²) in [5, 5.41) is 12.3. The molecule has 0 aliphatic carbocycles. The van der Waals surface area contributed by atoms with Crippen LogP contribution in [0.25, 0.3) is 16.0 Å². The maximum absolute atomic E-state index is 14.1. The zero-order valence-electron chi connectivity index (χ0n) is 12.0. The van der Waals surface area contributed by atoms with Gasteiger partial charge in [-0.2, -0.15) is 0 Å². The number of phenols is 1. The third-order valence-corrected chi connectivity index (χ3v) is 3.03. The molecule has 0 fully saturated rings. The van der Waals surface area contributed by atoms with Crippen LogP contribution in [0.1, 0.15) is 10.4 Å². The highest BCUT2D eigenvalue weighted by atomic mass is 19.1. The first-order valence-electron chi connectivity index (χ1n) is 6.36. The van der Waals surface area contributed by atoms with Gasteiger partial charge in [-0.25, -0.2) is 9.24 Å². The Morgan fingerprint density at radius 3 is 2.83 bits per heavy atom. The number of nitrogens with zero attached hydrogens (tertiary/aromatic N) is 3. The Labute approximate surface area is 131 Å². The highest BCUT2D eigenvalue weighted by molar-refractivity contribution is 6.12. The summed E-state index contributed by atoms with van der Waals surface area (Å²) in [4.78, 5) is 22.8. The zero-order chi connectivity index (χ0) is 17.0. The molecule has 0 unspecified atom stereocenters. The Morgan fingerprint density at radius 1 is 1.48 bits per heavy atom. The molecule has 1 heterocycles. The summed E-state index contributed by atoms with van der Waals surface area (Å²) in [5.41, 5.74) is 5.11. The van der Waals surface area contributed by atoms with E-state index < -0.39 is 17.5 Å². The smallest absolute Gasteiger partial charge is 0.261 e. The summed E-state index contributed by atoms with van der Waals surface area (Å²) in [5.74, 6) is -2.12. The number of aromatic hydroxyl groups is 1. The van der Waals surface area contributed by atoms with E-state index in [0.29, 0.717) is 0 Å². The van der Waals surface area contributed by atoms with Crippen molar-refractivity contribution in [2.45, 2.75) is 0 Å². The Morgan fingerprint density at radius 2 is 2.22 bits per heavy atom. The quantitative estimate of drug-likeness (QED) is 0.447. The topological polar surface area (TPSA) is 105 Å². The number of carbonyl (C=O) groups is 1. The molecule has 0 radical (unpaired) electrons. The van der Waals surface area contributed by atoms with Gasteiger partial charge in [0, 0.05) is 24.4 Å². The first-order chi connectivity index (χ1) is 11.0. The van der Waals surface area contributed by atoms with Gasteiger partial charge in [0.1, 0.15) is 11.6 Å². The number of amides is 1. The van der Waals surface area contributed by atoms with Gasteiger partial charge in [0.05, 0.1) is 18.3 Å². The van der Waals surface area contributed by atoms with Gasteiger partial charge in [0.25, 0.3) is 5.91 Å².